The summed E-state index contributed by atoms with van der Waals surface area (Å²) in [7, 11) is 0. The van der Waals surface area contributed by atoms with E-state index in [1.807, 2.05) is 36.4 Å². The third-order valence-corrected chi connectivity index (χ3v) is 3.65. The SMILES string of the molecule is Nc1ccc(Nc2ccc(I)cc2)c2ncccc12. The molecule has 1 heterocycles. The summed E-state index contributed by atoms with van der Waals surface area (Å²) in [5.74, 6) is 0. The van der Waals surface area contributed by atoms with Crippen LogP contribution in [0.5, 0.6) is 0 Å². The topological polar surface area (TPSA) is 50.9 Å². The van der Waals surface area contributed by atoms with Gasteiger partial charge in [0.2, 0.25) is 0 Å². The van der Waals surface area contributed by atoms with Gasteiger partial charge in [-0.05, 0) is 71.1 Å². The minimum absolute atomic E-state index is 0.747. The first-order chi connectivity index (χ1) is 9.24. The Morgan fingerprint density at radius 3 is 2.58 bits per heavy atom. The Balaban J connectivity index is 2.06. The standard InChI is InChI=1S/C15H12IN3/c16-10-3-5-11(6-4-10)19-14-8-7-13(17)12-2-1-9-18-15(12)14/h1-9,19H,17H2. The van der Waals surface area contributed by atoms with Gasteiger partial charge in [0.1, 0.15) is 0 Å². The Morgan fingerprint density at radius 1 is 1.00 bits per heavy atom. The number of anilines is 3. The molecule has 3 nitrogen and oxygen atoms in total. The molecular weight excluding hydrogens is 349 g/mol. The fraction of sp³-hybridized carbons (Fsp3) is 0. The molecule has 1 aromatic heterocycles. The first-order valence-corrected chi connectivity index (χ1v) is 6.98. The molecule has 0 aliphatic rings. The van der Waals surface area contributed by atoms with E-state index < -0.39 is 0 Å². The minimum Gasteiger partial charge on any atom is -0.398 e. The second kappa shape index (κ2) is 5.05. The summed E-state index contributed by atoms with van der Waals surface area (Å²) in [6, 6.07) is 16.0. The number of nitrogens with two attached hydrogens (primary N) is 1. The molecule has 3 N–H and O–H groups in total. The van der Waals surface area contributed by atoms with Gasteiger partial charge in [0.25, 0.3) is 0 Å². The summed E-state index contributed by atoms with van der Waals surface area (Å²) in [6.45, 7) is 0. The number of nitrogens with zero attached hydrogens (tertiary/aromatic N) is 1. The predicted molar refractivity (Wildman–Crippen MR) is 88.6 cm³/mol. The summed E-state index contributed by atoms with van der Waals surface area (Å²) in [5, 5.41) is 4.35. The maximum atomic E-state index is 5.97. The number of hydrogen-bond donors (Lipinski definition) is 2. The normalized spacial score (nSPS) is 10.6. The van der Waals surface area contributed by atoms with E-state index >= 15 is 0 Å². The van der Waals surface area contributed by atoms with E-state index in [4.69, 9.17) is 5.73 Å². The van der Waals surface area contributed by atoms with Crippen LogP contribution in [0.1, 0.15) is 0 Å². The number of halogens is 1. The Morgan fingerprint density at radius 2 is 1.79 bits per heavy atom. The van der Waals surface area contributed by atoms with Gasteiger partial charge >= 0.3 is 0 Å². The van der Waals surface area contributed by atoms with E-state index in [9.17, 15) is 0 Å². The molecule has 0 aliphatic heterocycles. The number of hydrogen-bond acceptors (Lipinski definition) is 3. The van der Waals surface area contributed by atoms with Crippen molar-refractivity contribution in [2.45, 2.75) is 0 Å². The van der Waals surface area contributed by atoms with Crippen molar-refractivity contribution in [3.05, 3.63) is 58.3 Å². The average Bonchev–Trinajstić information content (AvgIpc) is 2.45. The molecule has 94 valence electrons. The van der Waals surface area contributed by atoms with Crippen LogP contribution < -0.4 is 11.1 Å². The number of rotatable bonds is 2. The molecule has 3 aromatic rings. The number of nitrogens with one attached hydrogen (secondary N) is 1. The van der Waals surface area contributed by atoms with Crippen LogP contribution in [0.4, 0.5) is 17.1 Å². The highest BCUT2D eigenvalue weighted by molar-refractivity contribution is 14.1. The van der Waals surface area contributed by atoms with E-state index in [0.29, 0.717) is 0 Å². The summed E-state index contributed by atoms with van der Waals surface area (Å²) < 4.78 is 1.21. The largest absolute Gasteiger partial charge is 0.398 e. The van der Waals surface area contributed by atoms with E-state index in [1.165, 1.54) is 3.57 Å². The molecule has 19 heavy (non-hydrogen) atoms. The molecule has 0 spiro atoms. The number of benzene rings is 2. The van der Waals surface area contributed by atoms with Crippen molar-refractivity contribution in [3.8, 4) is 0 Å². The molecule has 0 saturated carbocycles. The highest BCUT2D eigenvalue weighted by Crippen LogP contribution is 2.28. The Kier molecular flexibility index (Phi) is 3.25. The van der Waals surface area contributed by atoms with Crippen LogP contribution in [-0.4, -0.2) is 4.98 Å². The van der Waals surface area contributed by atoms with Crippen molar-refractivity contribution >= 4 is 50.6 Å². The van der Waals surface area contributed by atoms with Gasteiger partial charge in [-0.1, -0.05) is 0 Å². The van der Waals surface area contributed by atoms with Gasteiger partial charge in [-0.25, -0.2) is 0 Å². The third-order valence-electron chi connectivity index (χ3n) is 2.93. The summed E-state index contributed by atoms with van der Waals surface area (Å²) in [6.07, 6.45) is 1.78. The zero-order valence-corrected chi connectivity index (χ0v) is 12.3. The van der Waals surface area contributed by atoms with Crippen molar-refractivity contribution in [2.24, 2.45) is 0 Å². The Bertz CT molecular complexity index is 723. The zero-order chi connectivity index (χ0) is 13.2. The lowest BCUT2D eigenvalue weighted by molar-refractivity contribution is 1.40. The molecule has 0 atom stereocenters. The summed E-state index contributed by atoms with van der Waals surface area (Å²) in [5.41, 5.74) is 9.61. The fourth-order valence-corrected chi connectivity index (χ4v) is 2.34. The smallest absolute Gasteiger partial charge is 0.0957 e. The van der Waals surface area contributed by atoms with E-state index in [-0.39, 0.29) is 0 Å². The van der Waals surface area contributed by atoms with Crippen LogP contribution in [0.25, 0.3) is 10.9 Å². The number of fused-ring (bicyclic) bond motifs is 1. The first-order valence-electron chi connectivity index (χ1n) is 5.90. The van der Waals surface area contributed by atoms with Crippen LogP contribution >= 0.6 is 22.6 Å². The van der Waals surface area contributed by atoms with Gasteiger partial charge in [-0.2, -0.15) is 0 Å². The zero-order valence-electron chi connectivity index (χ0n) is 10.1. The molecule has 0 aliphatic carbocycles. The van der Waals surface area contributed by atoms with Crippen LogP contribution in [-0.2, 0) is 0 Å². The molecule has 2 aromatic carbocycles. The second-order valence-electron chi connectivity index (χ2n) is 4.23. The fourth-order valence-electron chi connectivity index (χ4n) is 1.98. The Hall–Kier alpha value is -1.82. The van der Waals surface area contributed by atoms with Crippen molar-refractivity contribution in [3.63, 3.8) is 0 Å². The van der Waals surface area contributed by atoms with E-state index in [2.05, 4.69) is 45.0 Å². The maximum Gasteiger partial charge on any atom is 0.0957 e. The Labute approximate surface area is 125 Å². The van der Waals surface area contributed by atoms with Gasteiger partial charge in [0.15, 0.2) is 0 Å². The second-order valence-corrected chi connectivity index (χ2v) is 5.48. The molecule has 0 bridgehead atoms. The molecule has 0 unspecified atom stereocenters. The van der Waals surface area contributed by atoms with Crippen molar-refractivity contribution in [1.29, 1.82) is 0 Å². The quantitative estimate of drug-likeness (QED) is 0.532. The first kappa shape index (κ1) is 12.2. The van der Waals surface area contributed by atoms with E-state index in [1.54, 1.807) is 6.20 Å². The monoisotopic (exact) mass is 361 g/mol. The van der Waals surface area contributed by atoms with Crippen molar-refractivity contribution in [2.75, 3.05) is 11.1 Å². The van der Waals surface area contributed by atoms with Crippen LogP contribution in [0.2, 0.25) is 0 Å². The molecule has 0 radical (unpaired) electrons. The van der Waals surface area contributed by atoms with E-state index in [0.717, 1.165) is 28.0 Å². The average molecular weight is 361 g/mol. The highest BCUT2D eigenvalue weighted by atomic mass is 127. The summed E-state index contributed by atoms with van der Waals surface area (Å²) in [4.78, 5) is 4.41. The molecular formula is C15H12IN3. The summed E-state index contributed by atoms with van der Waals surface area (Å²) >= 11 is 2.29. The van der Waals surface area contributed by atoms with Crippen molar-refractivity contribution in [1.82, 2.24) is 4.98 Å². The van der Waals surface area contributed by atoms with Gasteiger partial charge in [0, 0.05) is 26.5 Å². The molecule has 0 fully saturated rings. The van der Waals surface area contributed by atoms with Gasteiger partial charge in [-0.15, -0.1) is 0 Å². The number of nitrogen functional groups attached to an aromatic ring is 1. The number of pyridine rings is 1. The molecule has 0 saturated heterocycles. The lowest BCUT2D eigenvalue weighted by Crippen LogP contribution is -1.95. The van der Waals surface area contributed by atoms with Crippen LogP contribution in [0.15, 0.2) is 54.7 Å². The molecule has 0 amide bonds. The number of aromatic nitrogens is 1. The molecule has 4 heteroatoms. The van der Waals surface area contributed by atoms with Gasteiger partial charge < -0.3 is 11.1 Å². The third kappa shape index (κ3) is 2.49. The van der Waals surface area contributed by atoms with Gasteiger partial charge in [0.05, 0.1) is 11.2 Å². The van der Waals surface area contributed by atoms with Crippen molar-refractivity contribution < 1.29 is 0 Å². The van der Waals surface area contributed by atoms with Crippen LogP contribution in [0, 0.1) is 3.57 Å². The minimum atomic E-state index is 0.747. The van der Waals surface area contributed by atoms with Gasteiger partial charge in [-0.3, -0.25) is 4.98 Å². The lowest BCUT2D eigenvalue weighted by atomic mass is 10.1. The molecule has 3 rings (SSSR count). The maximum absolute atomic E-state index is 5.97. The predicted octanol–water partition coefficient (Wildman–Crippen LogP) is 4.17. The lowest BCUT2D eigenvalue weighted by Gasteiger charge is -2.10. The highest BCUT2D eigenvalue weighted by Gasteiger charge is 2.05. The van der Waals surface area contributed by atoms with Crippen LogP contribution in [0.3, 0.4) is 0 Å².